The lowest BCUT2D eigenvalue weighted by Crippen LogP contribution is -2.06. The number of methoxy groups -OCH3 is 2. The van der Waals surface area contributed by atoms with Gasteiger partial charge in [0.2, 0.25) is 0 Å². The van der Waals surface area contributed by atoms with E-state index >= 15 is 0 Å². The van der Waals surface area contributed by atoms with Gasteiger partial charge in [0.05, 0.1) is 25.7 Å². The van der Waals surface area contributed by atoms with Crippen LogP contribution in [0.2, 0.25) is 0 Å². The van der Waals surface area contributed by atoms with Gasteiger partial charge in [-0.3, -0.25) is 9.59 Å². The highest BCUT2D eigenvalue weighted by atomic mass is 32.2. The molecule has 0 bridgehead atoms. The van der Waals surface area contributed by atoms with Gasteiger partial charge < -0.3 is 9.47 Å². The summed E-state index contributed by atoms with van der Waals surface area (Å²) < 4.78 is 9.03. The van der Waals surface area contributed by atoms with Crippen LogP contribution in [-0.4, -0.2) is 47.6 Å². The first-order valence-corrected chi connectivity index (χ1v) is 7.23. The third-order valence-electron chi connectivity index (χ3n) is 2.00. The molecule has 9 heteroatoms. The number of thioether (sulfide) groups is 2. The number of carbonyl (C=O) groups excluding carboxylic acids is 2. The van der Waals surface area contributed by atoms with Gasteiger partial charge in [0.15, 0.2) is 0 Å². The molecule has 0 atom stereocenters. The normalized spacial score (nSPS) is 9.65. The second-order valence-corrected chi connectivity index (χ2v) is 5.13. The topological polar surface area (TPSA) is 102 Å². The first-order chi connectivity index (χ1) is 9.62. The second kappa shape index (κ2) is 8.39. The number of nitrogens with zero attached hydrogens (tertiary/aromatic N) is 3. The van der Waals surface area contributed by atoms with Gasteiger partial charge in [-0.1, -0.05) is 23.5 Å². The number of hydrogen-bond acceptors (Lipinski definition) is 9. The first-order valence-electron chi connectivity index (χ1n) is 5.26. The molecule has 106 valence electrons. The molecule has 0 fully saturated rings. The monoisotopic (exact) mass is 313 g/mol. The minimum absolute atomic E-state index is 0.0449. The minimum Gasteiger partial charge on any atom is -0.468 e. The largest absolute Gasteiger partial charge is 0.468 e. The molecule has 0 radical (unpaired) electrons. The molecule has 0 saturated carbocycles. The molecular formula is C11H11N3O4S2. The maximum absolute atomic E-state index is 11.1. The lowest BCUT2D eigenvalue weighted by molar-refractivity contribution is -0.138. The van der Waals surface area contributed by atoms with E-state index in [1.807, 2.05) is 6.07 Å². The fourth-order valence-electron chi connectivity index (χ4n) is 1.04. The van der Waals surface area contributed by atoms with E-state index in [9.17, 15) is 9.59 Å². The molecule has 1 aromatic rings. The third kappa shape index (κ3) is 4.71. The van der Waals surface area contributed by atoms with E-state index in [1.165, 1.54) is 20.5 Å². The molecular weight excluding hydrogens is 302 g/mol. The number of hydrogen-bond donors (Lipinski definition) is 0. The van der Waals surface area contributed by atoms with Crippen molar-refractivity contribution in [1.82, 2.24) is 9.97 Å². The van der Waals surface area contributed by atoms with E-state index in [1.54, 1.807) is 0 Å². The molecule has 1 heterocycles. The molecule has 0 N–H and O–H groups in total. The van der Waals surface area contributed by atoms with Crippen molar-refractivity contribution in [1.29, 1.82) is 5.26 Å². The third-order valence-corrected chi connectivity index (χ3v) is 3.92. The van der Waals surface area contributed by atoms with Crippen LogP contribution in [0.4, 0.5) is 0 Å². The quantitative estimate of drug-likeness (QED) is 0.430. The number of rotatable bonds is 6. The molecule has 1 rings (SSSR count). The Morgan fingerprint density at radius 3 is 1.95 bits per heavy atom. The van der Waals surface area contributed by atoms with Crippen molar-refractivity contribution in [2.45, 2.75) is 10.1 Å². The molecule has 7 nitrogen and oxygen atoms in total. The molecule has 0 aliphatic carbocycles. The SMILES string of the molecule is COC(=O)CSc1ncnc(SCC(=O)OC)c1C#N. The Hall–Kier alpha value is -1.79. The Morgan fingerprint density at radius 1 is 1.15 bits per heavy atom. The highest BCUT2D eigenvalue weighted by Gasteiger charge is 2.15. The summed E-state index contributed by atoms with van der Waals surface area (Å²) in [4.78, 5) is 30.1. The van der Waals surface area contributed by atoms with Crippen LogP contribution in [-0.2, 0) is 19.1 Å². The van der Waals surface area contributed by atoms with E-state index in [-0.39, 0.29) is 17.1 Å². The van der Waals surface area contributed by atoms with Crippen molar-refractivity contribution in [3.8, 4) is 6.07 Å². The molecule has 0 amide bonds. The average molecular weight is 313 g/mol. The summed E-state index contributed by atoms with van der Waals surface area (Å²) in [6.07, 6.45) is 1.28. The second-order valence-electron chi connectivity index (χ2n) is 3.20. The van der Waals surface area contributed by atoms with Crippen molar-refractivity contribution in [2.75, 3.05) is 25.7 Å². The van der Waals surface area contributed by atoms with Crippen molar-refractivity contribution >= 4 is 35.5 Å². The fourth-order valence-corrected chi connectivity index (χ4v) is 2.67. The number of ether oxygens (including phenoxy) is 2. The van der Waals surface area contributed by atoms with Crippen LogP contribution in [0, 0.1) is 11.3 Å². The van der Waals surface area contributed by atoms with Gasteiger partial charge in [0.25, 0.3) is 0 Å². The van der Waals surface area contributed by atoms with Gasteiger partial charge in [-0.25, -0.2) is 9.97 Å². The zero-order valence-corrected chi connectivity index (χ0v) is 12.4. The predicted molar refractivity (Wildman–Crippen MR) is 72.2 cm³/mol. The number of carbonyl (C=O) groups is 2. The number of nitriles is 1. The highest BCUT2D eigenvalue weighted by molar-refractivity contribution is 8.00. The molecule has 20 heavy (non-hydrogen) atoms. The summed E-state index contributed by atoms with van der Waals surface area (Å²) in [5, 5.41) is 9.91. The summed E-state index contributed by atoms with van der Waals surface area (Å²) in [5.41, 5.74) is 0.232. The van der Waals surface area contributed by atoms with Crippen LogP contribution in [0.1, 0.15) is 5.56 Å². The zero-order valence-electron chi connectivity index (χ0n) is 10.8. The minimum atomic E-state index is -0.415. The number of esters is 2. The van der Waals surface area contributed by atoms with E-state index in [0.29, 0.717) is 10.1 Å². The van der Waals surface area contributed by atoms with Crippen molar-refractivity contribution in [3.05, 3.63) is 11.9 Å². The summed E-state index contributed by atoms with van der Waals surface area (Å²) in [6.45, 7) is 0. The smallest absolute Gasteiger partial charge is 0.316 e. The predicted octanol–water partition coefficient (Wildman–Crippen LogP) is 0.878. The standard InChI is InChI=1S/C11H11N3O4S2/c1-17-8(15)4-19-10-7(3-12)11(14-6-13-10)20-5-9(16)18-2/h6H,4-5H2,1-2H3. The average Bonchev–Trinajstić information content (AvgIpc) is 2.49. The van der Waals surface area contributed by atoms with Crippen LogP contribution in [0.3, 0.4) is 0 Å². The fraction of sp³-hybridized carbons (Fsp3) is 0.364. The lowest BCUT2D eigenvalue weighted by Gasteiger charge is -2.06. The van der Waals surface area contributed by atoms with Crippen molar-refractivity contribution in [3.63, 3.8) is 0 Å². The summed E-state index contributed by atoms with van der Waals surface area (Å²) in [6, 6.07) is 1.98. The van der Waals surface area contributed by atoms with E-state index in [2.05, 4.69) is 19.4 Å². The molecule has 0 aliphatic heterocycles. The van der Waals surface area contributed by atoms with E-state index < -0.39 is 11.9 Å². The Morgan fingerprint density at radius 2 is 1.60 bits per heavy atom. The molecule has 0 spiro atoms. The van der Waals surface area contributed by atoms with Crippen LogP contribution in [0.25, 0.3) is 0 Å². The summed E-state index contributed by atoms with van der Waals surface area (Å²) in [5.74, 6) is -0.741. The molecule has 0 aliphatic rings. The zero-order chi connectivity index (χ0) is 15.0. The Kier molecular flexibility index (Phi) is 6.83. The summed E-state index contributed by atoms with van der Waals surface area (Å²) in [7, 11) is 2.57. The van der Waals surface area contributed by atoms with Gasteiger partial charge in [-0.15, -0.1) is 0 Å². The summed E-state index contributed by atoms with van der Waals surface area (Å²) >= 11 is 2.16. The first kappa shape index (κ1) is 16.3. The van der Waals surface area contributed by atoms with E-state index in [4.69, 9.17) is 5.26 Å². The maximum atomic E-state index is 11.1. The highest BCUT2D eigenvalue weighted by Crippen LogP contribution is 2.27. The van der Waals surface area contributed by atoms with Crippen LogP contribution < -0.4 is 0 Å². The Balaban J connectivity index is 2.84. The van der Waals surface area contributed by atoms with Gasteiger partial charge in [0, 0.05) is 0 Å². The van der Waals surface area contributed by atoms with Crippen LogP contribution in [0.15, 0.2) is 16.4 Å². The Labute approximate surface area is 124 Å². The van der Waals surface area contributed by atoms with Crippen molar-refractivity contribution < 1.29 is 19.1 Å². The molecule has 0 unspecified atom stereocenters. The van der Waals surface area contributed by atoms with Crippen molar-refractivity contribution in [2.24, 2.45) is 0 Å². The van der Waals surface area contributed by atoms with Crippen LogP contribution in [0.5, 0.6) is 0 Å². The van der Waals surface area contributed by atoms with Gasteiger partial charge in [-0.2, -0.15) is 5.26 Å². The van der Waals surface area contributed by atoms with Crippen LogP contribution >= 0.6 is 23.5 Å². The lowest BCUT2D eigenvalue weighted by atomic mass is 10.4. The maximum Gasteiger partial charge on any atom is 0.316 e. The Bertz CT molecular complexity index is 507. The van der Waals surface area contributed by atoms with E-state index in [0.717, 1.165) is 23.5 Å². The van der Waals surface area contributed by atoms with Gasteiger partial charge in [0.1, 0.15) is 28.0 Å². The molecule has 1 aromatic heterocycles. The number of aromatic nitrogens is 2. The molecule has 0 aromatic carbocycles. The van der Waals surface area contributed by atoms with Gasteiger partial charge >= 0.3 is 11.9 Å². The molecule has 0 saturated heterocycles. The van der Waals surface area contributed by atoms with Gasteiger partial charge in [-0.05, 0) is 0 Å².